The molecule has 1 aliphatic rings. The van der Waals surface area contributed by atoms with Crippen LogP contribution in [0.15, 0.2) is 54.9 Å². The van der Waals surface area contributed by atoms with Gasteiger partial charge in [0.1, 0.15) is 25.6 Å². The van der Waals surface area contributed by atoms with Crippen LogP contribution in [0.4, 0.5) is 0 Å². The molecule has 0 aliphatic carbocycles. The lowest BCUT2D eigenvalue weighted by atomic mass is 10.1. The Morgan fingerprint density at radius 2 is 1.89 bits per heavy atom. The number of amides is 1. The van der Waals surface area contributed by atoms with E-state index >= 15 is 0 Å². The van der Waals surface area contributed by atoms with Crippen LogP contribution >= 0.6 is 0 Å². The molecule has 1 aliphatic heterocycles. The van der Waals surface area contributed by atoms with Crippen LogP contribution in [0, 0.1) is 0 Å². The van der Waals surface area contributed by atoms with Crippen LogP contribution in [-0.2, 0) is 17.8 Å². The van der Waals surface area contributed by atoms with Crippen LogP contribution in [0.5, 0.6) is 11.5 Å². The largest absolute Gasteiger partial charge is 0.486 e. The van der Waals surface area contributed by atoms with Crippen molar-refractivity contribution >= 4 is 5.91 Å². The van der Waals surface area contributed by atoms with Gasteiger partial charge in [0.05, 0.1) is 0 Å². The topological polar surface area (TPSA) is 91.2 Å². The van der Waals surface area contributed by atoms with Gasteiger partial charge in [-0.2, -0.15) is 0 Å². The number of hydrogen-bond acceptors (Lipinski definition) is 6. The van der Waals surface area contributed by atoms with Crippen LogP contribution in [0.1, 0.15) is 17.2 Å². The summed E-state index contributed by atoms with van der Waals surface area (Å²) in [6, 6.07) is 14.9. The fraction of sp³-hybridized carbons (Fsp3) is 0.263. The molecule has 0 radical (unpaired) electrons. The van der Waals surface area contributed by atoms with Gasteiger partial charge in [0.2, 0.25) is 5.91 Å². The van der Waals surface area contributed by atoms with Crippen molar-refractivity contribution in [1.82, 2.24) is 25.5 Å². The third-order valence-corrected chi connectivity index (χ3v) is 4.33. The summed E-state index contributed by atoms with van der Waals surface area (Å²) in [7, 11) is 0. The minimum atomic E-state index is -0.528. The summed E-state index contributed by atoms with van der Waals surface area (Å²) < 4.78 is 12.6. The van der Waals surface area contributed by atoms with Crippen molar-refractivity contribution in [2.24, 2.45) is 0 Å². The molecule has 0 bridgehead atoms. The molecule has 27 heavy (non-hydrogen) atoms. The van der Waals surface area contributed by atoms with Gasteiger partial charge in [-0.1, -0.05) is 36.4 Å². The predicted molar refractivity (Wildman–Crippen MR) is 96.3 cm³/mol. The van der Waals surface area contributed by atoms with Gasteiger partial charge in [0.15, 0.2) is 11.5 Å². The molecule has 4 rings (SSSR count). The van der Waals surface area contributed by atoms with Gasteiger partial charge in [0, 0.05) is 13.0 Å². The summed E-state index contributed by atoms with van der Waals surface area (Å²) in [6.45, 7) is 1.46. The zero-order valence-electron chi connectivity index (χ0n) is 14.6. The Morgan fingerprint density at radius 3 is 2.67 bits per heavy atom. The lowest BCUT2D eigenvalue weighted by molar-refractivity contribution is -0.124. The van der Waals surface area contributed by atoms with Crippen LogP contribution in [0.3, 0.4) is 0 Å². The Bertz CT molecular complexity index is 899. The number of benzene rings is 2. The second kappa shape index (κ2) is 7.86. The molecular formula is C19H19N5O3. The van der Waals surface area contributed by atoms with Crippen molar-refractivity contribution in [3.63, 3.8) is 0 Å². The molecule has 3 aromatic rings. The number of nitrogens with zero attached hydrogens (tertiary/aromatic N) is 4. The van der Waals surface area contributed by atoms with Gasteiger partial charge in [-0.25, -0.2) is 4.68 Å². The van der Waals surface area contributed by atoms with Crippen molar-refractivity contribution in [2.75, 3.05) is 13.2 Å². The fourth-order valence-corrected chi connectivity index (χ4v) is 2.96. The maximum Gasteiger partial charge on any atom is 0.245 e. The number of carbonyl (C=O) groups is 1. The van der Waals surface area contributed by atoms with Gasteiger partial charge in [0.25, 0.3) is 0 Å². The minimum absolute atomic E-state index is 0.152. The average Bonchev–Trinajstić information content (AvgIpc) is 3.25. The van der Waals surface area contributed by atoms with Crippen molar-refractivity contribution < 1.29 is 14.3 Å². The number of ether oxygens (including phenoxy) is 2. The van der Waals surface area contributed by atoms with Crippen molar-refractivity contribution in [3.8, 4) is 11.5 Å². The molecule has 1 amide bonds. The number of tetrazole rings is 1. The van der Waals surface area contributed by atoms with E-state index in [-0.39, 0.29) is 5.91 Å². The van der Waals surface area contributed by atoms with E-state index in [0.717, 1.165) is 16.9 Å². The van der Waals surface area contributed by atoms with Crippen molar-refractivity contribution in [3.05, 3.63) is 66.0 Å². The third kappa shape index (κ3) is 4.05. The molecule has 138 valence electrons. The molecule has 2 heterocycles. The summed E-state index contributed by atoms with van der Waals surface area (Å²) in [5.74, 6) is 1.28. The highest BCUT2D eigenvalue weighted by molar-refractivity contribution is 5.80. The number of fused-ring (bicyclic) bond motifs is 1. The molecule has 0 saturated heterocycles. The number of hydrogen-bond donors (Lipinski definition) is 1. The molecule has 0 spiro atoms. The zero-order valence-corrected chi connectivity index (χ0v) is 14.6. The first-order valence-electron chi connectivity index (χ1n) is 8.72. The smallest absolute Gasteiger partial charge is 0.245 e. The van der Waals surface area contributed by atoms with Gasteiger partial charge in [-0.05, 0) is 33.7 Å². The Labute approximate surface area is 156 Å². The molecule has 1 aromatic heterocycles. The molecule has 0 saturated carbocycles. The maximum absolute atomic E-state index is 12.8. The first-order valence-corrected chi connectivity index (χ1v) is 8.72. The van der Waals surface area contributed by atoms with E-state index in [4.69, 9.17) is 9.47 Å². The monoisotopic (exact) mass is 365 g/mol. The number of nitrogens with one attached hydrogen (secondary N) is 1. The first kappa shape index (κ1) is 17.0. The van der Waals surface area contributed by atoms with E-state index in [1.165, 1.54) is 11.0 Å². The quantitative estimate of drug-likeness (QED) is 0.713. The zero-order chi connectivity index (χ0) is 18.5. The minimum Gasteiger partial charge on any atom is -0.486 e. The van der Waals surface area contributed by atoms with E-state index in [0.29, 0.717) is 31.9 Å². The van der Waals surface area contributed by atoms with Gasteiger partial charge in [-0.3, -0.25) is 4.79 Å². The number of carbonyl (C=O) groups excluding carboxylic acids is 1. The third-order valence-electron chi connectivity index (χ3n) is 4.33. The summed E-state index contributed by atoms with van der Waals surface area (Å²) >= 11 is 0. The Balaban J connectivity index is 1.45. The predicted octanol–water partition coefficient (Wildman–Crippen LogP) is 1.54. The van der Waals surface area contributed by atoms with Crippen LogP contribution in [0.25, 0.3) is 0 Å². The standard InChI is InChI=1S/C19H19N5O3/c25-19(20-12-15-6-7-17-18(11-15)27-9-8-26-17)16(24-13-21-22-23-24)10-14-4-2-1-3-5-14/h1-7,11,13,16H,8-10,12H2,(H,20,25). The van der Waals surface area contributed by atoms with Crippen molar-refractivity contribution in [1.29, 1.82) is 0 Å². The normalized spacial score (nSPS) is 13.8. The maximum atomic E-state index is 12.8. The van der Waals surface area contributed by atoms with Gasteiger partial charge >= 0.3 is 0 Å². The summed E-state index contributed by atoms with van der Waals surface area (Å²) in [5.41, 5.74) is 1.97. The first-order chi connectivity index (χ1) is 13.3. The lowest BCUT2D eigenvalue weighted by Crippen LogP contribution is -2.34. The average molecular weight is 365 g/mol. The fourth-order valence-electron chi connectivity index (χ4n) is 2.96. The van der Waals surface area contributed by atoms with Crippen LogP contribution in [-0.4, -0.2) is 39.3 Å². The summed E-state index contributed by atoms with van der Waals surface area (Å²) in [5, 5.41) is 14.2. The van der Waals surface area contributed by atoms with E-state index in [9.17, 15) is 4.79 Å². The van der Waals surface area contributed by atoms with Crippen molar-refractivity contribution in [2.45, 2.75) is 19.0 Å². The lowest BCUT2D eigenvalue weighted by Gasteiger charge is -2.19. The molecule has 1 N–H and O–H groups in total. The van der Waals surface area contributed by atoms with Gasteiger partial charge < -0.3 is 14.8 Å². The Morgan fingerprint density at radius 1 is 1.07 bits per heavy atom. The molecule has 0 fully saturated rings. The van der Waals surface area contributed by atoms with Gasteiger partial charge in [-0.15, -0.1) is 5.10 Å². The molecule has 2 aromatic carbocycles. The van der Waals surface area contributed by atoms with E-state index in [1.54, 1.807) is 0 Å². The molecule has 8 heteroatoms. The number of rotatable bonds is 6. The highest BCUT2D eigenvalue weighted by Gasteiger charge is 2.22. The summed E-state index contributed by atoms with van der Waals surface area (Å²) in [6.07, 6.45) is 1.95. The molecule has 1 unspecified atom stereocenters. The van der Waals surface area contributed by atoms with E-state index in [1.807, 2.05) is 48.5 Å². The Kier molecular flexibility index (Phi) is 4.95. The molecular weight excluding hydrogens is 346 g/mol. The Hall–Kier alpha value is -3.42. The SMILES string of the molecule is O=C(NCc1ccc2c(c1)OCCO2)C(Cc1ccccc1)n1cnnn1. The van der Waals surface area contributed by atoms with E-state index in [2.05, 4.69) is 20.8 Å². The second-order valence-corrected chi connectivity index (χ2v) is 6.19. The van der Waals surface area contributed by atoms with Crippen LogP contribution < -0.4 is 14.8 Å². The van der Waals surface area contributed by atoms with Crippen LogP contribution in [0.2, 0.25) is 0 Å². The van der Waals surface area contributed by atoms with E-state index < -0.39 is 6.04 Å². The molecule has 8 nitrogen and oxygen atoms in total. The molecule has 1 atom stereocenters. The number of aromatic nitrogens is 4. The summed E-state index contributed by atoms with van der Waals surface area (Å²) in [4.78, 5) is 12.8. The second-order valence-electron chi connectivity index (χ2n) is 6.19. The highest BCUT2D eigenvalue weighted by Crippen LogP contribution is 2.30. The highest BCUT2D eigenvalue weighted by atomic mass is 16.6.